The van der Waals surface area contributed by atoms with Crippen molar-refractivity contribution in [1.29, 1.82) is 0 Å². The van der Waals surface area contributed by atoms with E-state index >= 15 is 0 Å². The maximum Gasteiger partial charge on any atom is 0.318 e. The highest BCUT2D eigenvalue weighted by molar-refractivity contribution is 7.09. The number of aromatic nitrogens is 2. The van der Waals surface area contributed by atoms with E-state index < -0.39 is 0 Å². The second kappa shape index (κ2) is 7.61. The van der Waals surface area contributed by atoms with Gasteiger partial charge in [0.2, 0.25) is 0 Å². The van der Waals surface area contributed by atoms with Crippen LogP contribution in [0.3, 0.4) is 0 Å². The predicted octanol–water partition coefficient (Wildman–Crippen LogP) is 3.16. The Morgan fingerprint density at radius 2 is 2.46 bits per heavy atom. The summed E-state index contributed by atoms with van der Waals surface area (Å²) in [6.45, 7) is 5.31. The molecule has 1 saturated heterocycles. The van der Waals surface area contributed by atoms with E-state index in [-0.39, 0.29) is 18.2 Å². The average Bonchev–Trinajstić information content (AvgIpc) is 3.22. The first-order valence-corrected chi connectivity index (χ1v) is 9.07. The highest BCUT2D eigenvalue weighted by atomic mass is 32.1. The minimum atomic E-state index is -0.0491. The van der Waals surface area contributed by atoms with Gasteiger partial charge in [-0.05, 0) is 25.5 Å². The number of nitrogens with zero attached hydrogens (tertiary/aromatic N) is 3. The molecule has 2 aromatic rings. The lowest BCUT2D eigenvalue weighted by atomic mass is 10.2. The van der Waals surface area contributed by atoms with Crippen molar-refractivity contribution in [3.8, 4) is 5.75 Å². The molecular formula is C17H22N4O2S. The van der Waals surface area contributed by atoms with Crippen LogP contribution in [0.25, 0.3) is 0 Å². The zero-order valence-corrected chi connectivity index (χ0v) is 14.8. The molecule has 0 aromatic carbocycles. The van der Waals surface area contributed by atoms with Crippen LogP contribution in [0, 0.1) is 6.92 Å². The molecule has 2 unspecified atom stereocenters. The normalized spacial score (nSPS) is 18.4. The quantitative estimate of drug-likeness (QED) is 0.903. The monoisotopic (exact) mass is 346 g/mol. The molecule has 128 valence electrons. The van der Waals surface area contributed by atoms with Crippen molar-refractivity contribution in [2.75, 3.05) is 13.1 Å². The van der Waals surface area contributed by atoms with E-state index in [2.05, 4.69) is 22.2 Å². The molecule has 6 nitrogen and oxygen atoms in total. The Bertz CT molecular complexity index is 676. The summed E-state index contributed by atoms with van der Waals surface area (Å²) in [4.78, 5) is 22.9. The van der Waals surface area contributed by atoms with Crippen LogP contribution in [0.4, 0.5) is 4.79 Å². The van der Waals surface area contributed by atoms with Gasteiger partial charge in [0, 0.05) is 30.2 Å². The number of hydrogen-bond acceptors (Lipinski definition) is 5. The molecule has 3 rings (SSSR count). The van der Waals surface area contributed by atoms with Crippen molar-refractivity contribution < 1.29 is 9.53 Å². The number of rotatable bonds is 5. The maximum absolute atomic E-state index is 12.5. The molecular weight excluding hydrogens is 324 g/mol. The van der Waals surface area contributed by atoms with Gasteiger partial charge in [-0.2, -0.15) is 0 Å². The number of nitrogens with one attached hydrogen (secondary N) is 1. The van der Waals surface area contributed by atoms with Gasteiger partial charge in [0.25, 0.3) is 0 Å². The topological polar surface area (TPSA) is 67.4 Å². The van der Waals surface area contributed by atoms with Gasteiger partial charge in [-0.3, -0.25) is 4.98 Å². The second-order valence-corrected chi connectivity index (χ2v) is 6.79. The van der Waals surface area contributed by atoms with Crippen molar-refractivity contribution in [1.82, 2.24) is 20.2 Å². The summed E-state index contributed by atoms with van der Waals surface area (Å²) in [7, 11) is 0. The number of likely N-dealkylation sites (tertiary alicyclic amines) is 1. The number of thiazole rings is 1. The Labute approximate surface area is 145 Å². The van der Waals surface area contributed by atoms with Gasteiger partial charge in [-0.1, -0.05) is 6.92 Å². The van der Waals surface area contributed by atoms with Gasteiger partial charge in [0.1, 0.15) is 16.9 Å². The lowest BCUT2D eigenvalue weighted by molar-refractivity contribution is 0.184. The van der Waals surface area contributed by atoms with Crippen LogP contribution in [0.2, 0.25) is 0 Å². The smallest absolute Gasteiger partial charge is 0.318 e. The van der Waals surface area contributed by atoms with Crippen molar-refractivity contribution in [3.63, 3.8) is 0 Å². The maximum atomic E-state index is 12.5. The molecule has 0 bridgehead atoms. The van der Waals surface area contributed by atoms with E-state index in [0.717, 1.165) is 29.3 Å². The van der Waals surface area contributed by atoms with E-state index in [0.29, 0.717) is 13.1 Å². The Morgan fingerprint density at radius 1 is 1.58 bits per heavy atom. The fourth-order valence-electron chi connectivity index (χ4n) is 2.73. The van der Waals surface area contributed by atoms with Gasteiger partial charge in [0.05, 0.1) is 18.8 Å². The van der Waals surface area contributed by atoms with E-state index in [1.54, 1.807) is 23.7 Å². The first-order chi connectivity index (χ1) is 11.7. The number of carbonyl (C=O) groups is 1. The fraction of sp³-hybridized carbons (Fsp3) is 0.471. The summed E-state index contributed by atoms with van der Waals surface area (Å²) in [5.74, 6) is 0.745. The number of amides is 2. The summed E-state index contributed by atoms with van der Waals surface area (Å²) in [6, 6.07) is 3.64. The minimum absolute atomic E-state index is 0.0159. The van der Waals surface area contributed by atoms with Gasteiger partial charge < -0.3 is 15.0 Å². The molecule has 0 saturated carbocycles. The zero-order chi connectivity index (χ0) is 16.9. The van der Waals surface area contributed by atoms with Crippen molar-refractivity contribution in [3.05, 3.63) is 40.6 Å². The molecule has 0 aliphatic carbocycles. The molecule has 0 radical (unpaired) electrons. The van der Waals surface area contributed by atoms with Crippen LogP contribution in [0.1, 0.15) is 36.5 Å². The lowest BCUT2D eigenvalue weighted by Gasteiger charge is -2.21. The zero-order valence-electron chi connectivity index (χ0n) is 13.9. The van der Waals surface area contributed by atoms with Crippen LogP contribution in [-0.2, 0) is 0 Å². The van der Waals surface area contributed by atoms with Gasteiger partial charge in [0.15, 0.2) is 0 Å². The van der Waals surface area contributed by atoms with Crippen LogP contribution in [0.15, 0.2) is 29.9 Å². The third kappa shape index (κ3) is 4.03. The summed E-state index contributed by atoms with van der Waals surface area (Å²) < 4.78 is 5.88. The van der Waals surface area contributed by atoms with E-state index in [1.165, 1.54) is 0 Å². The van der Waals surface area contributed by atoms with Crippen molar-refractivity contribution >= 4 is 17.4 Å². The molecule has 2 atom stereocenters. The summed E-state index contributed by atoms with van der Waals surface area (Å²) in [6.07, 6.45) is 5.08. The molecule has 1 fully saturated rings. The molecule has 1 N–H and O–H groups in total. The van der Waals surface area contributed by atoms with Gasteiger partial charge >= 0.3 is 6.03 Å². The molecule has 0 spiro atoms. The van der Waals surface area contributed by atoms with Crippen LogP contribution in [0.5, 0.6) is 5.75 Å². The molecule has 3 heterocycles. The van der Waals surface area contributed by atoms with E-state index in [4.69, 9.17) is 4.74 Å². The number of ether oxygens (including phenoxy) is 1. The fourth-order valence-corrected chi connectivity index (χ4v) is 3.66. The third-order valence-electron chi connectivity index (χ3n) is 4.01. The van der Waals surface area contributed by atoms with E-state index in [9.17, 15) is 4.79 Å². The number of carbonyl (C=O) groups excluding carboxylic acids is 1. The number of hydrogen-bond donors (Lipinski definition) is 1. The van der Waals surface area contributed by atoms with E-state index in [1.807, 2.05) is 29.3 Å². The minimum Gasteiger partial charge on any atom is -0.487 e. The van der Waals surface area contributed by atoms with Crippen molar-refractivity contribution in [2.45, 2.75) is 38.8 Å². The highest BCUT2D eigenvalue weighted by Crippen LogP contribution is 2.22. The Balaban J connectivity index is 1.54. The number of pyridine rings is 1. The first kappa shape index (κ1) is 16.7. The van der Waals surface area contributed by atoms with Crippen LogP contribution < -0.4 is 10.1 Å². The molecule has 2 amide bonds. The number of urea groups is 1. The Morgan fingerprint density at radius 3 is 3.12 bits per heavy atom. The SMILES string of the molecule is CCC(NC(=O)N1CCC(Oc2cccnc2)C1)c1nc(C)cs1. The molecule has 24 heavy (non-hydrogen) atoms. The third-order valence-corrected chi connectivity index (χ3v) is 5.09. The largest absolute Gasteiger partial charge is 0.487 e. The predicted molar refractivity (Wildman–Crippen MR) is 93.3 cm³/mol. The second-order valence-electron chi connectivity index (χ2n) is 5.90. The molecule has 1 aliphatic heterocycles. The Kier molecular flexibility index (Phi) is 5.30. The van der Waals surface area contributed by atoms with Crippen molar-refractivity contribution in [2.24, 2.45) is 0 Å². The Hall–Kier alpha value is -2.15. The number of aryl methyl sites for hydroxylation is 1. The lowest BCUT2D eigenvalue weighted by Crippen LogP contribution is -2.41. The molecule has 7 heteroatoms. The molecule has 1 aliphatic rings. The highest BCUT2D eigenvalue weighted by Gasteiger charge is 2.29. The van der Waals surface area contributed by atoms with Crippen LogP contribution >= 0.6 is 11.3 Å². The van der Waals surface area contributed by atoms with Gasteiger partial charge in [-0.15, -0.1) is 11.3 Å². The summed E-state index contributed by atoms with van der Waals surface area (Å²) in [5, 5.41) is 6.06. The standard InChI is InChI=1S/C17H22N4O2S/c1-3-15(16-19-12(2)11-24-16)20-17(22)21-8-6-14(10-21)23-13-5-4-7-18-9-13/h4-5,7,9,11,14-15H,3,6,8,10H2,1-2H3,(H,20,22). The summed E-state index contributed by atoms with van der Waals surface area (Å²) in [5.41, 5.74) is 0.994. The summed E-state index contributed by atoms with van der Waals surface area (Å²) >= 11 is 1.59. The van der Waals surface area contributed by atoms with Crippen LogP contribution in [-0.4, -0.2) is 40.1 Å². The molecule has 2 aromatic heterocycles. The van der Waals surface area contributed by atoms with Gasteiger partial charge in [-0.25, -0.2) is 9.78 Å². The first-order valence-electron chi connectivity index (χ1n) is 8.20. The average molecular weight is 346 g/mol.